The van der Waals surface area contributed by atoms with Crippen LogP contribution in [0.4, 0.5) is 0 Å². The van der Waals surface area contributed by atoms with Gasteiger partial charge >= 0.3 is 7.12 Å². The van der Waals surface area contributed by atoms with Crippen molar-refractivity contribution in [3.05, 3.63) is 107 Å². The number of unbranched alkanes of at least 4 members (excludes halogenated alkanes) is 1. The Morgan fingerprint density at radius 2 is 1.48 bits per heavy atom. The molecule has 17 nitrogen and oxygen atoms in total. The Balaban J connectivity index is 1.07. The zero-order chi connectivity index (χ0) is 53.8. The van der Waals surface area contributed by atoms with Crippen molar-refractivity contribution in [3.63, 3.8) is 0 Å². The molecule has 9 unspecified atom stereocenters. The van der Waals surface area contributed by atoms with Gasteiger partial charge in [0.25, 0.3) is 5.91 Å². The molecule has 4 fully saturated rings. The zero-order valence-electron chi connectivity index (χ0n) is 44.4. The topological polar surface area (TPSA) is 252 Å². The Hall–Kier alpha value is -6.31. The minimum absolute atomic E-state index is 0.0433. The van der Waals surface area contributed by atoms with Crippen molar-refractivity contribution < 1.29 is 42.8 Å². The van der Waals surface area contributed by atoms with Gasteiger partial charge in [0.2, 0.25) is 23.6 Å². The Labute approximate surface area is 441 Å². The average Bonchev–Trinajstić information content (AvgIpc) is 3.84. The minimum atomic E-state index is -1.39. The van der Waals surface area contributed by atoms with Crippen LogP contribution in [0.2, 0.25) is 0 Å². The third kappa shape index (κ3) is 11.6. The van der Waals surface area contributed by atoms with Crippen molar-refractivity contribution >= 4 is 36.7 Å². The Bertz CT molecular complexity index is 2720. The highest BCUT2D eigenvalue weighted by atomic mass is 16.7. The number of hydrogen-bond donors (Lipinski definition) is 7. The number of likely N-dealkylation sites (N-methyl/N-ethyl adjacent to an activating group) is 1. The molecule has 3 aliphatic carbocycles. The lowest BCUT2D eigenvalue weighted by Crippen LogP contribution is -2.65. The highest BCUT2D eigenvalue weighted by Crippen LogP contribution is 2.65. The highest BCUT2D eigenvalue weighted by Gasteiger charge is 2.68. The van der Waals surface area contributed by atoms with Gasteiger partial charge in [-0.05, 0) is 128 Å². The second-order valence-corrected chi connectivity index (χ2v) is 21.5. The second-order valence-electron chi connectivity index (χ2n) is 21.5. The van der Waals surface area contributed by atoms with Gasteiger partial charge in [0.05, 0.1) is 17.6 Å². The number of nitrogens with zero attached hydrogens (tertiary/aromatic N) is 1. The molecule has 6 bridgehead atoms. The van der Waals surface area contributed by atoms with E-state index in [1.54, 1.807) is 36.4 Å². The fourth-order valence-corrected chi connectivity index (χ4v) is 11.5. The molecule has 0 aromatic heterocycles. The molecule has 10 N–H and O–H groups in total. The third-order valence-corrected chi connectivity index (χ3v) is 16.1. The SMILES string of the molecule is CCCCc1ccc(-c2ccc(C(=O)NC(CN)C(=O)N(C)C3C(=O)NC(C)C(=O)NC(C(=O)NC(C)B4OC5CC6CC(C6(C)C)C5(C)O4)Cc4ccc(OCCN)c(c4)-c4cc3ccc4OCCN)cc2)cc1. The molecule has 0 spiro atoms. The molecule has 75 heavy (non-hydrogen) atoms. The highest BCUT2D eigenvalue weighted by molar-refractivity contribution is 6.47. The summed E-state index contributed by atoms with van der Waals surface area (Å²) in [6, 6.07) is 20.9. The third-order valence-electron chi connectivity index (χ3n) is 16.1. The van der Waals surface area contributed by atoms with Crippen LogP contribution in [0.15, 0.2) is 84.9 Å². The van der Waals surface area contributed by atoms with Crippen LogP contribution >= 0.6 is 0 Å². The summed E-state index contributed by atoms with van der Waals surface area (Å²) in [5, 5.41) is 11.6. The predicted octanol–water partition coefficient (Wildman–Crippen LogP) is 4.61. The number of benzene rings is 4. The lowest BCUT2D eigenvalue weighted by Gasteiger charge is -2.64. The fraction of sp³-hybridized carbons (Fsp3) is 0.491. The molecule has 4 aromatic carbocycles. The van der Waals surface area contributed by atoms with Gasteiger partial charge in [0.1, 0.15) is 48.9 Å². The van der Waals surface area contributed by atoms with Gasteiger partial charge in [-0.1, -0.05) is 75.7 Å². The van der Waals surface area contributed by atoms with Crippen molar-refractivity contribution in [2.75, 3.05) is 39.9 Å². The monoisotopic (exact) mass is 1030 g/mol. The van der Waals surface area contributed by atoms with Crippen LogP contribution in [-0.4, -0.2) is 117 Å². The molecule has 2 aliphatic heterocycles. The van der Waals surface area contributed by atoms with Crippen LogP contribution in [0.1, 0.15) is 100 Å². The average molecular weight is 1030 g/mol. The number of ether oxygens (including phenoxy) is 2. The summed E-state index contributed by atoms with van der Waals surface area (Å²) >= 11 is 0. The normalized spacial score (nSPS) is 24.5. The predicted molar refractivity (Wildman–Crippen MR) is 288 cm³/mol. The molecule has 400 valence electrons. The first kappa shape index (κ1) is 54.9. The Morgan fingerprint density at radius 3 is 2.11 bits per heavy atom. The van der Waals surface area contributed by atoms with E-state index in [4.69, 9.17) is 36.0 Å². The van der Waals surface area contributed by atoms with E-state index >= 15 is 0 Å². The maximum atomic E-state index is 14.8. The van der Waals surface area contributed by atoms with Crippen LogP contribution < -0.4 is 47.9 Å². The van der Waals surface area contributed by atoms with Crippen molar-refractivity contribution in [3.8, 4) is 33.8 Å². The Kier molecular flexibility index (Phi) is 17.1. The van der Waals surface area contributed by atoms with E-state index < -0.39 is 72.4 Å². The molecular formula is C57H75BN8O9. The molecule has 5 amide bonds. The molecule has 3 saturated carbocycles. The summed E-state index contributed by atoms with van der Waals surface area (Å²) < 4.78 is 25.6. The standard InChI is InChI=1S/C57H75BN8O9/c1-8-9-10-35-11-14-37(15-12-35)38-16-18-39(19-17-38)52(68)65-45(32-61)55(71)66(7)50-40-20-22-47(73-26-24-60)43(29-40)42-27-36(13-21-46(42)72-25-23-59)28-44(64-51(67)33(2)62-54(50)70)53(69)63-34(3)58-74-49-31-41-30-48(56(41,4)5)57(49,6)75-58/h11-22,27,29,33-34,41,44-45,48-50H,8-10,23-26,28,30-32,59-61H2,1-7H3,(H,62,70)(H,63,69)(H,64,67)(H,65,68). The minimum Gasteiger partial charge on any atom is -0.492 e. The van der Waals surface area contributed by atoms with Gasteiger partial charge in [0.15, 0.2) is 0 Å². The largest absolute Gasteiger partial charge is 0.492 e. The van der Waals surface area contributed by atoms with Crippen molar-refractivity contribution in [2.24, 2.45) is 34.5 Å². The number of amides is 5. The van der Waals surface area contributed by atoms with Crippen LogP contribution in [0.5, 0.6) is 11.5 Å². The first-order valence-corrected chi connectivity index (χ1v) is 26.5. The number of aryl methyl sites for hydroxylation is 1. The van der Waals surface area contributed by atoms with E-state index in [9.17, 15) is 24.0 Å². The molecule has 18 heteroatoms. The first-order valence-electron chi connectivity index (χ1n) is 26.5. The van der Waals surface area contributed by atoms with E-state index in [-0.39, 0.29) is 50.8 Å². The van der Waals surface area contributed by atoms with Gasteiger partial charge in [0, 0.05) is 49.8 Å². The Morgan fingerprint density at radius 1 is 0.840 bits per heavy atom. The fourth-order valence-electron chi connectivity index (χ4n) is 11.5. The second kappa shape index (κ2) is 23.3. The summed E-state index contributed by atoms with van der Waals surface area (Å²) in [6.45, 7) is 12.6. The summed E-state index contributed by atoms with van der Waals surface area (Å²) in [6.07, 6.45) is 5.16. The lowest BCUT2D eigenvalue weighted by molar-refractivity contribution is -0.199. The number of carbonyl (C=O) groups is 5. The van der Waals surface area contributed by atoms with Crippen LogP contribution in [-0.2, 0) is 41.3 Å². The van der Waals surface area contributed by atoms with Crippen molar-refractivity contribution in [1.82, 2.24) is 26.2 Å². The van der Waals surface area contributed by atoms with Gasteiger partial charge < -0.3 is 62.2 Å². The molecular weight excluding hydrogens is 951 g/mol. The number of rotatable bonds is 18. The number of fused-ring (bicyclic) bond motifs is 5. The summed E-state index contributed by atoms with van der Waals surface area (Å²) in [5.74, 6) is -1.96. The number of carbonyl (C=O) groups excluding carboxylic acids is 5. The molecule has 9 atom stereocenters. The molecule has 4 aromatic rings. The molecule has 0 radical (unpaired) electrons. The van der Waals surface area contributed by atoms with Gasteiger partial charge in [-0.15, -0.1) is 0 Å². The maximum Gasteiger partial charge on any atom is 0.481 e. The first-order chi connectivity index (χ1) is 35.9. The van der Waals surface area contributed by atoms with E-state index in [1.807, 2.05) is 31.2 Å². The van der Waals surface area contributed by atoms with Gasteiger partial charge in [-0.3, -0.25) is 24.0 Å². The summed E-state index contributed by atoms with van der Waals surface area (Å²) in [7, 11) is 0.723. The van der Waals surface area contributed by atoms with Crippen LogP contribution in [0.3, 0.4) is 0 Å². The van der Waals surface area contributed by atoms with E-state index in [1.165, 1.54) is 24.4 Å². The molecule has 1 saturated heterocycles. The number of nitrogens with two attached hydrogens (primary N) is 3. The molecule has 5 aliphatic rings. The van der Waals surface area contributed by atoms with E-state index in [2.05, 4.69) is 73.2 Å². The summed E-state index contributed by atoms with van der Waals surface area (Å²) in [5.41, 5.74) is 23.2. The maximum absolute atomic E-state index is 14.8. The quantitative estimate of drug-likeness (QED) is 0.0675. The van der Waals surface area contributed by atoms with Crippen LogP contribution in [0, 0.1) is 17.3 Å². The lowest BCUT2D eigenvalue weighted by atomic mass is 9.43. The smallest absolute Gasteiger partial charge is 0.481 e. The molecule has 9 rings (SSSR count). The van der Waals surface area contributed by atoms with Gasteiger partial charge in [-0.2, -0.15) is 0 Å². The van der Waals surface area contributed by atoms with Crippen molar-refractivity contribution in [1.29, 1.82) is 0 Å². The van der Waals surface area contributed by atoms with Crippen LogP contribution in [0.25, 0.3) is 22.3 Å². The van der Waals surface area contributed by atoms with E-state index in [0.717, 1.165) is 43.2 Å². The van der Waals surface area contributed by atoms with Crippen molar-refractivity contribution in [2.45, 2.75) is 122 Å². The number of hydrogen-bond acceptors (Lipinski definition) is 12. The van der Waals surface area contributed by atoms with E-state index in [0.29, 0.717) is 51.2 Å². The number of nitrogens with one attached hydrogen (secondary N) is 4. The van der Waals surface area contributed by atoms with Gasteiger partial charge in [-0.25, -0.2) is 0 Å². The zero-order valence-corrected chi connectivity index (χ0v) is 44.4. The molecule has 2 heterocycles. The summed E-state index contributed by atoms with van der Waals surface area (Å²) in [4.78, 5) is 73.2.